The van der Waals surface area contributed by atoms with Crippen molar-refractivity contribution in [2.24, 2.45) is 0 Å². The van der Waals surface area contributed by atoms with Crippen LogP contribution in [0.25, 0.3) is 0 Å². The van der Waals surface area contributed by atoms with Crippen molar-refractivity contribution in [1.29, 1.82) is 0 Å². The summed E-state index contributed by atoms with van der Waals surface area (Å²) < 4.78 is 5.78. The first-order valence-corrected chi connectivity index (χ1v) is 10.0. The molecule has 0 bridgehead atoms. The monoisotopic (exact) mass is 375 g/mol. The first-order valence-electron chi connectivity index (χ1n) is 10.0. The lowest BCUT2D eigenvalue weighted by molar-refractivity contribution is 0.0636. The van der Waals surface area contributed by atoms with Crippen LogP contribution >= 0.6 is 0 Å². The summed E-state index contributed by atoms with van der Waals surface area (Å²) in [5, 5.41) is 9.45. The molecule has 0 spiro atoms. The van der Waals surface area contributed by atoms with Gasteiger partial charge in [-0.2, -0.15) is 0 Å². The molecule has 1 saturated heterocycles. The molecule has 0 amide bonds. The Morgan fingerprint density at radius 2 is 1.96 bits per heavy atom. The Balaban J connectivity index is 1.85. The molecule has 1 fully saturated rings. The van der Waals surface area contributed by atoms with E-state index in [1.165, 1.54) is 11.1 Å². The summed E-state index contributed by atoms with van der Waals surface area (Å²) in [6, 6.07) is 8.90. The fourth-order valence-electron chi connectivity index (χ4n) is 3.36. The molecule has 5 heteroatoms. The van der Waals surface area contributed by atoms with Crippen LogP contribution in [0.5, 0.6) is 5.75 Å². The topological polar surface area (TPSA) is 39.2 Å². The Morgan fingerprint density at radius 3 is 2.59 bits per heavy atom. The Bertz CT molecular complexity index is 567. The molecule has 27 heavy (non-hydrogen) atoms. The predicted octanol–water partition coefficient (Wildman–Crippen LogP) is 2.46. The Hall–Kier alpha value is -1.40. The van der Waals surface area contributed by atoms with Gasteiger partial charge in [-0.05, 0) is 52.1 Å². The number of ether oxygens (including phenoxy) is 1. The highest BCUT2D eigenvalue weighted by atomic mass is 16.5. The summed E-state index contributed by atoms with van der Waals surface area (Å²) in [5.41, 5.74) is 2.67. The van der Waals surface area contributed by atoms with E-state index in [9.17, 15) is 5.11 Å². The number of likely N-dealkylation sites (N-methyl/N-ethyl adjacent to an activating group) is 1. The summed E-state index contributed by atoms with van der Waals surface area (Å²) in [6.45, 7) is 11.3. The largest absolute Gasteiger partial charge is 0.492 e. The molecular formula is C22H37N3O2. The van der Waals surface area contributed by atoms with Crippen molar-refractivity contribution in [2.75, 3.05) is 60.0 Å². The number of hydrogen-bond acceptors (Lipinski definition) is 5. The summed E-state index contributed by atoms with van der Waals surface area (Å²) in [7, 11) is 4.10. The molecule has 152 valence electrons. The van der Waals surface area contributed by atoms with Crippen LogP contribution in [0.2, 0.25) is 0 Å². The number of aliphatic hydroxyl groups excluding tert-OH is 1. The number of hydrogen-bond donors (Lipinski definition) is 1. The van der Waals surface area contributed by atoms with Gasteiger partial charge >= 0.3 is 0 Å². The van der Waals surface area contributed by atoms with Gasteiger partial charge in [0, 0.05) is 51.9 Å². The second kappa shape index (κ2) is 11.4. The Kier molecular flexibility index (Phi) is 9.28. The van der Waals surface area contributed by atoms with Gasteiger partial charge in [-0.25, -0.2) is 0 Å². The molecule has 1 aliphatic rings. The Morgan fingerprint density at radius 1 is 1.22 bits per heavy atom. The van der Waals surface area contributed by atoms with Crippen molar-refractivity contribution in [1.82, 2.24) is 14.7 Å². The van der Waals surface area contributed by atoms with E-state index in [1.807, 2.05) is 0 Å². The van der Waals surface area contributed by atoms with Crippen molar-refractivity contribution < 1.29 is 9.84 Å². The maximum absolute atomic E-state index is 9.45. The molecular weight excluding hydrogens is 338 g/mol. The molecule has 0 aliphatic carbocycles. The van der Waals surface area contributed by atoms with Crippen LogP contribution in [0.4, 0.5) is 0 Å². The van der Waals surface area contributed by atoms with Gasteiger partial charge in [-0.3, -0.25) is 9.80 Å². The van der Waals surface area contributed by atoms with E-state index in [2.05, 4.69) is 73.0 Å². The quantitative estimate of drug-likeness (QED) is 0.636. The number of benzene rings is 1. The highest BCUT2D eigenvalue weighted by Gasteiger charge is 2.25. The summed E-state index contributed by atoms with van der Waals surface area (Å²) in [5.74, 6) is 0.935. The molecule has 1 N–H and O–H groups in total. The average Bonchev–Trinajstić information content (AvgIpc) is 2.62. The van der Waals surface area contributed by atoms with Gasteiger partial charge < -0.3 is 14.7 Å². The van der Waals surface area contributed by atoms with Crippen molar-refractivity contribution in [3.8, 4) is 5.75 Å². The van der Waals surface area contributed by atoms with Gasteiger partial charge in [-0.1, -0.05) is 23.8 Å². The van der Waals surface area contributed by atoms with E-state index < -0.39 is 0 Å². The highest BCUT2D eigenvalue weighted by molar-refractivity contribution is 5.27. The van der Waals surface area contributed by atoms with Crippen LogP contribution in [-0.2, 0) is 6.54 Å². The van der Waals surface area contributed by atoms with Gasteiger partial charge in [0.05, 0.1) is 0 Å². The summed E-state index contributed by atoms with van der Waals surface area (Å²) >= 11 is 0. The van der Waals surface area contributed by atoms with Gasteiger partial charge in [0.2, 0.25) is 0 Å². The summed E-state index contributed by atoms with van der Waals surface area (Å²) in [6.07, 6.45) is 3.13. The number of piperazine rings is 1. The zero-order valence-electron chi connectivity index (χ0n) is 17.5. The van der Waals surface area contributed by atoms with E-state index >= 15 is 0 Å². The smallest absolute Gasteiger partial charge is 0.119 e. The van der Waals surface area contributed by atoms with Crippen LogP contribution in [0.15, 0.2) is 35.9 Å². The third-order valence-electron chi connectivity index (χ3n) is 5.02. The van der Waals surface area contributed by atoms with Crippen molar-refractivity contribution >= 4 is 0 Å². The minimum absolute atomic E-state index is 0.253. The number of aliphatic hydroxyl groups is 1. The zero-order chi connectivity index (χ0) is 19.6. The van der Waals surface area contributed by atoms with Crippen molar-refractivity contribution in [3.05, 3.63) is 41.5 Å². The Labute approximate surface area is 165 Å². The van der Waals surface area contributed by atoms with Gasteiger partial charge in [0.25, 0.3) is 0 Å². The molecule has 1 atom stereocenters. The third kappa shape index (κ3) is 8.01. The number of rotatable bonds is 10. The second-order valence-corrected chi connectivity index (χ2v) is 7.97. The lowest BCUT2D eigenvalue weighted by atomic mass is 10.1. The number of allylic oxidation sites excluding steroid dienone is 1. The molecule has 0 radical (unpaired) electrons. The first kappa shape index (κ1) is 21.9. The average molecular weight is 376 g/mol. The fourth-order valence-corrected chi connectivity index (χ4v) is 3.36. The van der Waals surface area contributed by atoms with E-state index in [1.54, 1.807) is 0 Å². The molecule has 1 unspecified atom stereocenters. The minimum atomic E-state index is 0.253. The SMILES string of the molecule is CC(C)=CCN1CCN(Cc2ccc(OCCN(C)C)cc2)CC1CCO. The predicted molar refractivity (Wildman–Crippen MR) is 112 cm³/mol. The lowest BCUT2D eigenvalue weighted by Gasteiger charge is -2.41. The van der Waals surface area contributed by atoms with Crippen LogP contribution in [0.1, 0.15) is 25.8 Å². The van der Waals surface area contributed by atoms with Gasteiger partial charge in [0.15, 0.2) is 0 Å². The molecule has 1 heterocycles. The molecule has 1 aromatic carbocycles. The van der Waals surface area contributed by atoms with Crippen LogP contribution in [0.3, 0.4) is 0 Å². The summed E-state index contributed by atoms with van der Waals surface area (Å²) in [4.78, 5) is 7.12. The minimum Gasteiger partial charge on any atom is -0.492 e. The van der Waals surface area contributed by atoms with Crippen molar-refractivity contribution in [3.63, 3.8) is 0 Å². The first-order chi connectivity index (χ1) is 13.0. The molecule has 2 rings (SSSR count). The van der Waals surface area contributed by atoms with Crippen LogP contribution < -0.4 is 4.74 Å². The van der Waals surface area contributed by atoms with Crippen molar-refractivity contribution in [2.45, 2.75) is 32.9 Å². The highest BCUT2D eigenvalue weighted by Crippen LogP contribution is 2.18. The number of nitrogens with zero attached hydrogens (tertiary/aromatic N) is 3. The zero-order valence-corrected chi connectivity index (χ0v) is 17.5. The maximum atomic E-state index is 9.45. The molecule has 0 aromatic heterocycles. The van der Waals surface area contributed by atoms with Crippen LogP contribution in [0, 0.1) is 0 Å². The van der Waals surface area contributed by atoms with Gasteiger partial charge in [-0.15, -0.1) is 0 Å². The lowest BCUT2D eigenvalue weighted by Crippen LogP contribution is -2.53. The molecule has 0 saturated carbocycles. The van der Waals surface area contributed by atoms with Gasteiger partial charge in [0.1, 0.15) is 12.4 Å². The maximum Gasteiger partial charge on any atom is 0.119 e. The normalized spacial score (nSPS) is 18.7. The molecule has 5 nitrogen and oxygen atoms in total. The second-order valence-electron chi connectivity index (χ2n) is 7.97. The fraction of sp³-hybridized carbons (Fsp3) is 0.636. The molecule has 1 aliphatic heterocycles. The van der Waals surface area contributed by atoms with E-state index in [-0.39, 0.29) is 6.61 Å². The van der Waals surface area contributed by atoms with Crippen LogP contribution in [-0.4, -0.2) is 85.9 Å². The third-order valence-corrected chi connectivity index (χ3v) is 5.02. The standard InChI is InChI=1S/C22H37N3O2/c1-19(2)9-11-25-13-12-24(18-21(25)10-15-26)17-20-5-7-22(8-6-20)27-16-14-23(3)4/h5-9,21,26H,10-18H2,1-4H3. The van der Waals surface area contributed by atoms with E-state index in [4.69, 9.17) is 4.74 Å². The van der Waals surface area contributed by atoms with E-state index in [0.29, 0.717) is 12.6 Å². The van der Waals surface area contributed by atoms with E-state index in [0.717, 1.165) is 51.4 Å². The molecule has 1 aromatic rings.